The summed E-state index contributed by atoms with van der Waals surface area (Å²) in [5.41, 5.74) is -0.751. The Balaban J connectivity index is 2.20. The van der Waals surface area contributed by atoms with E-state index < -0.39 is 11.7 Å². The summed E-state index contributed by atoms with van der Waals surface area (Å²) < 4.78 is 38.4. The van der Waals surface area contributed by atoms with Gasteiger partial charge in [-0.05, 0) is 24.6 Å². The van der Waals surface area contributed by atoms with E-state index in [-0.39, 0.29) is 16.7 Å². The van der Waals surface area contributed by atoms with Crippen LogP contribution in [0.5, 0.6) is 0 Å². The molecule has 0 aliphatic carbocycles. The molecule has 1 heterocycles. The monoisotopic (exact) mass is 331 g/mol. The van der Waals surface area contributed by atoms with Crippen molar-refractivity contribution in [3.8, 4) is 0 Å². The highest BCUT2D eigenvalue weighted by molar-refractivity contribution is 6.31. The van der Waals surface area contributed by atoms with Crippen LogP contribution in [0.15, 0.2) is 24.4 Å². The Bertz CT molecular complexity index is 648. The highest BCUT2D eigenvalue weighted by Crippen LogP contribution is 2.36. The quantitative estimate of drug-likeness (QED) is 0.863. The molecule has 0 aliphatic rings. The van der Waals surface area contributed by atoms with Crippen LogP contribution in [0.4, 0.5) is 30.6 Å². The maximum absolute atomic E-state index is 12.8. The number of aromatic nitrogens is 3. The summed E-state index contributed by atoms with van der Waals surface area (Å²) in [6.07, 6.45) is -2.19. The minimum atomic E-state index is -4.53. The number of rotatable bonds is 5. The molecule has 5 nitrogen and oxygen atoms in total. The van der Waals surface area contributed by atoms with Gasteiger partial charge in [-0.25, -0.2) is 0 Å². The van der Waals surface area contributed by atoms with Crippen molar-refractivity contribution in [3.63, 3.8) is 0 Å². The van der Waals surface area contributed by atoms with Gasteiger partial charge in [0.15, 0.2) is 5.82 Å². The second kappa shape index (κ2) is 6.78. The van der Waals surface area contributed by atoms with Gasteiger partial charge in [-0.15, -0.1) is 5.10 Å². The van der Waals surface area contributed by atoms with Crippen molar-refractivity contribution in [2.75, 3.05) is 17.2 Å². The molecule has 22 heavy (non-hydrogen) atoms. The molecule has 0 unspecified atom stereocenters. The van der Waals surface area contributed by atoms with Crippen LogP contribution < -0.4 is 10.6 Å². The zero-order valence-electron chi connectivity index (χ0n) is 11.6. The maximum Gasteiger partial charge on any atom is 0.417 e. The second-order valence-electron chi connectivity index (χ2n) is 4.41. The Morgan fingerprint density at radius 2 is 2.05 bits per heavy atom. The van der Waals surface area contributed by atoms with Gasteiger partial charge in [-0.1, -0.05) is 18.5 Å². The van der Waals surface area contributed by atoms with Crippen LogP contribution in [-0.4, -0.2) is 21.7 Å². The predicted molar refractivity (Wildman–Crippen MR) is 78.3 cm³/mol. The van der Waals surface area contributed by atoms with E-state index in [0.717, 1.165) is 12.5 Å². The smallest absolute Gasteiger partial charge is 0.369 e. The fourth-order valence-corrected chi connectivity index (χ4v) is 1.87. The summed E-state index contributed by atoms with van der Waals surface area (Å²) in [6.45, 7) is 2.70. The third-order valence-electron chi connectivity index (χ3n) is 2.64. The molecular formula is C13H13ClF3N5. The Hall–Kier alpha value is -2.09. The van der Waals surface area contributed by atoms with E-state index in [1.54, 1.807) is 0 Å². The Labute approximate surface area is 129 Å². The normalized spacial score (nSPS) is 11.3. The maximum atomic E-state index is 12.8. The zero-order valence-corrected chi connectivity index (χ0v) is 12.3. The van der Waals surface area contributed by atoms with Crippen molar-refractivity contribution in [1.82, 2.24) is 15.2 Å². The molecule has 1 aromatic carbocycles. The van der Waals surface area contributed by atoms with E-state index in [0.29, 0.717) is 12.4 Å². The molecule has 0 amide bonds. The molecular weight excluding hydrogens is 319 g/mol. The van der Waals surface area contributed by atoms with Crippen molar-refractivity contribution >= 4 is 29.1 Å². The second-order valence-corrected chi connectivity index (χ2v) is 4.82. The zero-order chi connectivity index (χ0) is 16.2. The van der Waals surface area contributed by atoms with Gasteiger partial charge in [0.1, 0.15) is 0 Å². The van der Waals surface area contributed by atoms with Gasteiger partial charge >= 0.3 is 6.18 Å². The number of halogens is 4. The molecule has 0 radical (unpaired) electrons. The minimum Gasteiger partial charge on any atom is -0.369 e. The van der Waals surface area contributed by atoms with Crippen LogP contribution in [0.3, 0.4) is 0 Å². The summed E-state index contributed by atoms with van der Waals surface area (Å²) in [6, 6.07) is 3.48. The molecule has 1 aromatic heterocycles. The summed E-state index contributed by atoms with van der Waals surface area (Å²) in [5.74, 6) is 0.584. The van der Waals surface area contributed by atoms with E-state index in [9.17, 15) is 13.2 Å². The van der Waals surface area contributed by atoms with Crippen LogP contribution in [-0.2, 0) is 6.18 Å². The van der Waals surface area contributed by atoms with Crippen LogP contribution in [0.25, 0.3) is 0 Å². The Morgan fingerprint density at radius 3 is 2.73 bits per heavy atom. The van der Waals surface area contributed by atoms with Gasteiger partial charge in [0.25, 0.3) is 0 Å². The van der Waals surface area contributed by atoms with E-state index in [1.807, 2.05) is 6.92 Å². The number of anilines is 3. The number of benzene rings is 1. The first-order chi connectivity index (χ1) is 10.4. The molecule has 0 atom stereocenters. The lowest BCUT2D eigenvalue weighted by molar-refractivity contribution is -0.137. The van der Waals surface area contributed by atoms with E-state index in [1.165, 1.54) is 18.3 Å². The number of alkyl halides is 3. The molecule has 0 fully saturated rings. The largest absolute Gasteiger partial charge is 0.417 e. The number of hydrogen-bond acceptors (Lipinski definition) is 5. The lowest BCUT2D eigenvalue weighted by atomic mass is 10.2. The number of hydrogen-bond donors (Lipinski definition) is 2. The van der Waals surface area contributed by atoms with Crippen molar-refractivity contribution in [2.24, 2.45) is 0 Å². The first kappa shape index (κ1) is 16.3. The van der Waals surface area contributed by atoms with Crippen LogP contribution in [0.1, 0.15) is 18.9 Å². The SMILES string of the molecule is CCCNc1cnnc(Nc2ccc(Cl)c(C(F)(F)F)c2)n1. The van der Waals surface area contributed by atoms with Crippen LogP contribution in [0.2, 0.25) is 5.02 Å². The number of nitrogens with zero attached hydrogens (tertiary/aromatic N) is 3. The molecule has 0 saturated heterocycles. The van der Waals surface area contributed by atoms with Crippen LogP contribution >= 0.6 is 11.6 Å². The topological polar surface area (TPSA) is 62.7 Å². The molecule has 0 spiro atoms. The van der Waals surface area contributed by atoms with Gasteiger partial charge in [-0.2, -0.15) is 23.3 Å². The van der Waals surface area contributed by atoms with E-state index in [2.05, 4.69) is 25.8 Å². The lowest BCUT2D eigenvalue weighted by Crippen LogP contribution is -2.08. The van der Waals surface area contributed by atoms with E-state index >= 15 is 0 Å². The van der Waals surface area contributed by atoms with Gasteiger partial charge in [-0.3, -0.25) is 0 Å². The fourth-order valence-electron chi connectivity index (χ4n) is 1.64. The molecule has 0 saturated carbocycles. The summed E-state index contributed by atoms with van der Waals surface area (Å²) in [5, 5.41) is 12.8. The highest BCUT2D eigenvalue weighted by atomic mass is 35.5. The average molecular weight is 332 g/mol. The van der Waals surface area contributed by atoms with Gasteiger partial charge < -0.3 is 10.6 Å². The van der Waals surface area contributed by atoms with Crippen molar-refractivity contribution < 1.29 is 13.2 Å². The van der Waals surface area contributed by atoms with Gasteiger partial charge in [0.05, 0.1) is 16.8 Å². The van der Waals surface area contributed by atoms with E-state index in [4.69, 9.17) is 11.6 Å². The van der Waals surface area contributed by atoms with Crippen molar-refractivity contribution in [2.45, 2.75) is 19.5 Å². The molecule has 2 rings (SSSR count). The summed E-state index contributed by atoms with van der Waals surface area (Å²) in [4.78, 5) is 4.11. The molecule has 118 valence electrons. The highest BCUT2D eigenvalue weighted by Gasteiger charge is 2.33. The first-order valence-electron chi connectivity index (χ1n) is 6.47. The number of nitrogens with one attached hydrogen (secondary N) is 2. The van der Waals surface area contributed by atoms with Crippen molar-refractivity contribution in [3.05, 3.63) is 35.0 Å². The predicted octanol–water partition coefficient (Wildman–Crippen LogP) is 4.11. The third kappa shape index (κ3) is 4.20. The third-order valence-corrected chi connectivity index (χ3v) is 2.97. The Morgan fingerprint density at radius 1 is 1.27 bits per heavy atom. The standard InChI is InChI=1S/C13H13ClF3N5/c1-2-5-18-11-7-19-22-12(21-11)20-8-3-4-10(14)9(6-8)13(15,16)17/h3-4,6-7H,2,5H2,1H3,(H2,18,20,21,22). The van der Waals surface area contributed by atoms with Crippen LogP contribution in [0, 0.1) is 0 Å². The first-order valence-corrected chi connectivity index (χ1v) is 6.85. The minimum absolute atomic E-state index is 0.0940. The molecule has 2 N–H and O–H groups in total. The summed E-state index contributed by atoms with van der Waals surface area (Å²) >= 11 is 5.56. The lowest BCUT2D eigenvalue weighted by Gasteiger charge is -2.12. The molecule has 2 aromatic rings. The van der Waals surface area contributed by atoms with Gasteiger partial charge in [0, 0.05) is 12.2 Å². The van der Waals surface area contributed by atoms with Crippen molar-refractivity contribution in [1.29, 1.82) is 0 Å². The molecule has 0 aliphatic heterocycles. The average Bonchev–Trinajstić information content (AvgIpc) is 2.46. The molecule has 9 heteroatoms. The Kier molecular flexibility index (Phi) is 5.02. The summed E-state index contributed by atoms with van der Waals surface area (Å²) in [7, 11) is 0. The molecule has 0 bridgehead atoms. The van der Waals surface area contributed by atoms with Gasteiger partial charge in [0.2, 0.25) is 5.95 Å². The fraction of sp³-hybridized carbons (Fsp3) is 0.308.